The van der Waals surface area contributed by atoms with Crippen LogP contribution in [0.2, 0.25) is 0 Å². The minimum Gasteiger partial charge on any atom is -0.493 e. The summed E-state index contributed by atoms with van der Waals surface area (Å²) in [5.74, 6) is 2.73. The molecule has 2 aliphatic rings. The van der Waals surface area contributed by atoms with E-state index in [-0.39, 0.29) is 0 Å². The van der Waals surface area contributed by atoms with Gasteiger partial charge in [0, 0.05) is 6.42 Å². The fourth-order valence-electron chi connectivity index (χ4n) is 3.15. The van der Waals surface area contributed by atoms with E-state index in [1.165, 1.54) is 36.9 Å². The van der Waals surface area contributed by atoms with Crippen LogP contribution in [0.3, 0.4) is 0 Å². The minimum absolute atomic E-state index is 0.778. The van der Waals surface area contributed by atoms with E-state index in [1.807, 2.05) is 0 Å². The van der Waals surface area contributed by atoms with Crippen molar-refractivity contribution in [3.63, 3.8) is 0 Å². The van der Waals surface area contributed by atoms with E-state index in [2.05, 4.69) is 30.4 Å². The molecule has 2 unspecified atom stereocenters. The van der Waals surface area contributed by atoms with E-state index in [9.17, 15) is 0 Å². The van der Waals surface area contributed by atoms with Crippen LogP contribution >= 0.6 is 0 Å². The van der Waals surface area contributed by atoms with Gasteiger partial charge in [0.15, 0.2) is 0 Å². The molecule has 3 rings (SSSR count). The molecule has 1 N–H and O–H groups in total. The number of rotatable bonds is 5. The topological polar surface area (TPSA) is 21.3 Å². The first-order valence-electron chi connectivity index (χ1n) is 7.35. The molecule has 2 heteroatoms. The van der Waals surface area contributed by atoms with Gasteiger partial charge in [-0.3, -0.25) is 0 Å². The van der Waals surface area contributed by atoms with Crippen molar-refractivity contribution < 1.29 is 4.74 Å². The average Bonchev–Trinajstić information content (AvgIpc) is 2.80. The predicted octanol–water partition coefficient (Wildman–Crippen LogP) is 3.11. The van der Waals surface area contributed by atoms with Gasteiger partial charge in [-0.05, 0) is 61.4 Å². The maximum atomic E-state index is 5.58. The van der Waals surface area contributed by atoms with Crippen LogP contribution in [0.1, 0.15) is 43.2 Å². The quantitative estimate of drug-likeness (QED) is 0.805. The molecule has 1 heterocycles. The third kappa shape index (κ3) is 2.26. The largest absolute Gasteiger partial charge is 0.493 e. The third-order valence-corrected chi connectivity index (χ3v) is 4.39. The minimum atomic E-state index is 0.778. The van der Waals surface area contributed by atoms with Crippen molar-refractivity contribution in [1.29, 1.82) is 0 Å². The summed E-state index contributed by atoms with van der Waals surface area (Å²) in [5.41, 5.74) is 2.95. The lowest BCUT2D eigenvalue weighted by molar-refractivity contribution is 0.246. The summed E-state index contributed by atoms with van der Waals surface area (Å²) in [6, 6.07) is 6.84. The van der Waals surface area contributed by atoms with E-state index in [0.717, 1.165) is 37.2 Å². The summed E-state index contributed by atoms with van der Waals surface area (Å²) in [6.07, 6.45) is 5.06. The Kier molecular flexibility index (Phi) is 3.55. The van der Waals surface area contributed by atoms with Crippen molar-refractivity contribution in [2.24, 2.45) is 5.92 Å². The normalized spacial score (nSPS) is 25.4. The van der Waals surface area contributed by atoms with E-state index >= 15 is 0 Å². The highest BCUT2D eigenvalue weighted by molar-refractivity contribution is 5.41. The van der Waals surface area contributed by atoms with E-state index in [1.54, 1.807) is 0 Å². The molecule has 2 atom stereocenters. The zero-order chi connectivity index (χ0) is 12.4. The lowest BCUT2D eigenvalue weighted by Gasteiger charge is -2.37. The van der Waals surface area contributed by atoms with Gasteiger partial charge in [-0.1, -0.05) is 19.1 Å². The Morgan fingerprint density at radius 3 is 3.06 bits per heavy atom. The molecule has 1 aromatic rings. The van der Waals surface area contributed by atoms with Gasteiger partial charge in [-0.2, -0.15) is 0 Å². The summed E-state index contributed by atoms with van der Waals surface area (Å²) < 4.78 is 5.58. The molecular formula is C16H23NO. The lowest BCUT2D eigenvalue weighted by atomic mass is 9.69. The Bertz CT molecular complexity index is 416. The van der Waals surface area contributed by atoms with Crippen molar-refractivity contribution in [3.8, 4) is 5.75 Å². The average molecular weight is 245 g/mol. The highest BCUT2D eigenvalue weighted by atomic mass is 16.5. The number of hydrogen-bond donors (Lipinski definition) is 1. The predicted molar refractivity (Wildman–Crippen MR) is 74.3 cm³/mol. The molecule has 0 saturated heterocycles. The monoisotopic (exact) mass is 245 g/mol. The van der Waals surface area contributed by atoms with Gasteiger partial charge >= 0.3 is 0 Å². The van der Waals surface area contributed by atoms with Crippen LogP contribution in [0.15, 0.2) is 18.2 Å². The summed E-state index contributed by atoms with van der Waals surface area (Å²) in [7, 11) is 0. The maximum absolute atomic E-state index is 5.58. The Morgan fingerprint density at radius 1 is 1.33 bits per heavy atom. The van der Waals surface area contributed by atoms with Gasteiger partial charge < -0.3 is 10.1 Å². The van der Waals surface area contributed by atoms with E-state index in [0.29, 0.717) is 0 Å². The molecule has 0 radical (unpaired) electrons. The summed E-state index contributed by atoms with van der Waals surface area (Å²) in [5, 5.41) is 3.56. The molecule has 0 aromatic heterocycles. The van der Waals surface area contributed by atoms with E-state index in [4.69, 9.17) is 4.74 Å². The van der Waals surface area contributed by atoms with Crippen LogP contribution in [0, 0.1) is 5.92 Å². The van der Waals surface area contributed by atoms with Gasteiger partial charge in [0.05, 0.1) is 6.61 Å². The number of fused-ring (bicyclic) bond motifs is 1. The molecule has 1 aromatic carbocycles. The summed E-state index contributed by atoms with van der Waals surface area (Å²) in [4.78, 5) is 0. The van der Waals surface area contributed by atoms with Crippen LogP contribution < -0.4 is 10.1 Å². The van der Waals surface area contributed by atoms with Crippen molar-refractivity contribution >= 4 is 0 Å². The molecule has 1 saturated carbocycles. The molecular weight excluding hydrogens is 222 g/mol. The van der Waals surface area contributed by atoms with Gasteiger partial charge in [-0.25, -0.2) is 0 Å². The molecule has 0 amide bonds. The van der Waals surface area contributed by atoms with Crippen molar-refractivity contribution in [2.45, 2.75) is 38.5 Å². The first kappa shape index (κ1) is 12.0. The van der Waals surface area contributed by atoms with Crippen LogP contribution in [-0.4, -0.2) is 19.7 Å². The van der Waals surface area contributed by atoms with Crippen molar-refractivity contribution in [3.05, 3.63) is 29.3 Å². The zero-order valence-corrected chi connectivity index (χ0v) is 11.2. The lowest BCUT2D eigenvalue weighted by Crippen LogP contribution is -2.34. The first-order valence-corrected chi connectivity index (χ1v) is 7.35. The number of benzene rings is 1. The number of ether oxygens (including phenoxy) is 1. The van der Waals surface area contributed by atoms with Crippen LogP contribution in [0.5, 0.6) is 5.75 Å². The van der Waals surface area contributed by atoms with Gasteiger partial charge in [0.25, 0.3) is 0 Å². The van der Waals surface area contributed by atoms with Crippen LogP contribution in [-0.2, 0) is 6.42 Å². The second kappa shape index (κ2) is 5.31. The smallest absolute Gasteiger partial charge is 0.122 e. The molecule has 98 valence electrons. The van der Waals surface area contributed by atoms with E-state index < -0.39 is 0 Å². The second-order valence-electron chi connectivity index (χ2n) is 5.61. The number of hydrogen-bond acceptors (Lipinski definition) is 2. The zero-order valence-electron chi connectivity index (χ0n) is 11.2. The van der Waals surface area contributed by atoms with Gasteiger partial charge in [0.2, 0.25) is 0 Å². The van der Waals surface area contributed by atoms with Crippen LogP contribution in [0.4, 0.5) is 0 Å². The standard InChI is InChI=1S/C16H23NO/c1-2-8-17-11-14-3-5-15(14)12-4-6-16-13(10-12)7-9-18-16/h4,6,10,14-15,17H,2-3,5,7-9,11H2,1H3. The fourth-order valence-corrected chi connectivity index (χ4v) is 3.15. The van der Waals surface area contributed by atoms with Crippen molar-refractivity contribution in [2.75, 3.05) is 19.7 Å². The highest BCUT2D eigenvalue weighted by Gasteiger charge is 2.32. The Morgan fingerprint density at radius 2 is 2.28 bits per heavy atom. The molecule has 18 heavy (non-hydrogen) atoms. The van der Waals surface area contributed by atoms with Crippen molar-refractivity contribution in [1.82, 2.24) is 5.32 Å². The highest BCUT2D eigenvalue weighted by Crippen LogP contribution is 2.43. The molecule has 1 aliphatic carbocycles. The molecule has 0 bridgehead atoms. The Balaban J connectivity index is 1.64. The SMILES string of the molecule is CCCNCC1CCC1c1ccc2c(c1)CCO2. The number of nitrogens with one attached hydrogen (secondary N) is 1. The summed E-state index contributed by atoms with van der Waals surface area (Å²) in [6.45, 7) is 5.43. The Hall–Kier alpha value is -1.02. The Labute approximate surface area is 110 Å². The molecule has 0 spiro atoms. The molecule has 1 aliphatic heterocycles. The second-order valence-corrected chi connectivity index (χ2v) is 5.61. The first-order chi connectivity index (χ1) is 8.88. The fraction of sp³-hybridized carbons (Fsp3) is 0.625. The summed E-state index contributed by atoms with van der Waals surface area (Å²) >= 11 is 0. The third-order valence-electron chi connectivity index (χ3n) is 4.39. The van der Waals surface area contributed by atoms with Gasteiger partial charge in [0.1, 0.15) is 5.75 Å². The van der Waals surface area contributed by atoms with Gasteiger partial charge in [-0.15, -0.1) is 0 Å². The van der Waals surface area contributed by atoms with Crippen LogP contribution in [0.25, 0.3) is 0 Å². The molecule has 2 nitrogen and oxygen atoms in total. The molecule has 1 fully saturated rings. The maximum Gasteiger partial charge on any atom is 0.122 e.